The van der Waals surface area contributed by atoms with Gasteiger partial charge in [-0.25, -0.2) is 9.18 Å². The van der Waals surface area contributed by atoms with Crippen LogP contribution in [-0.2, 0) is 9.59 Å². The van der Waals surface area contributed by atoms with Gasteiger partial charge in [-0.15, -0.1) is 11.8 Å². The van der Waals surface area contributed by atoms with Gasteiger partial charge in [0.05, 0.1) is 0 Å². The highest BCUT2D eigenvalue weighted by Gasteiger charge is 2.48. The minimum absolute atomic E-state index is 0.0312. The van der Waals surface area contributed by atoms with E-state index in [9.17, 15) is 19.1 Å². The van der Waals surface area contributed by atoms with E-state index in [-0.39, 0.29) is 24.1 Å². The summed E-state index contributed by atoms with van der Waals surface area (Å²) in [5, 5.41) is 11.9. The van der Waals surface area contributed by atoms with Crippen molar-refractivity contribution >= 4 is 23.6 Å². The molecule has 1 saturated carbocycles. The van der Waals surface area contributed by atoms with Crippen LogP contribution in [0.5, 0.6) is 0 Å². The molecule has 0 saturated heterocycles. The number of thioether (sulfide) groups is 1. The van der Waals surface area contributed by atoms with Crippen molar-refractivity contribution in [2.45, 2.75) is 36.6 Å². The van der Waals surface area contributed by atoms with Crippen molar-refractivity contribution in [1.29, 1.82) is 0 Å². The molecule has 1 unspecified atom stereocenters. The second kappa shape index (κ2) is 6.47. The summed E-state index contributed by atoms with van der Waals surface area (Å²) in [6.45, 7) is 1.57. The molecule has 2 rings (SSSR count). The fourth-order valence-corrected chi connectivity index (χ4v) is 2.99. The van der Waals surface area contributed by atoms with E-state index in [1.165, 1.54) is 23.9 Å². The van der Waals surface area contributed by atoms with Crippen LogP contribution in [0.4, 0.5) is 4.39 Å². The lowest BCUT2D eigenvalue weighted by atomic mass is 9.96. The third-order valence-corrected chi connectivity index (χ3v) is 4.66. The summed E-state index contributed by atoms with van der Waals surface area (Å²) in [7, 11) is 0. The molecule has 114 valence electrons. The summed E-state index contributed by atoms with van der Waals surface area (Å²) in [4.78, 5) is 24.1. The SMILES string of the molecule is CC(NC(=O)CCSc1ccc(F)cc1)(C(=O)O)C1CC1. The van der Waals surface area contributed by atoms with Gasteiger partial charge in [0.15, 0.2) is 0 Å². The number of nitrogens with one attached hydrogen (secondary N) is 1. The third-order valence-electron chi connectivity index (χ3n) is 3.65. The predicted molar refractivity (Wildman–Crippen MR) is 78.6 cm³/mol. The fraction of sp³-hybridized carbons (Fsp3) is 0.467. The number of carboxylic acids is 1. The van der Waals surface area contributed by atoms with Crippen LogP contribution >= 0.6 is 11.8 Å². The molecule has 0 bridgehead atoms. The molecule has 1 aliphatic rings. The van der Waals surface area contributed by atoms with Crippen molar-refractivity contribution in [3.8, 4) is 0 Å². The van der Waals surface area contributed by atoms with Gasteiger partial charge in [0.1, 0.15) is 11.4 Å². The Balaban J connectivity index is 1.79. The fourth-order valence-electron chi connectivity index (χ4n) is 2.14. The van der Waals surface area contributed by atoms with E-state index in [1.807, 2.05) is 0 Å². The molecule has 2 N–H and O–H groups in total. The Kier molecular flexibility index (Phi) is 4.88. The molecule has 1 atom stereocenters. The van der Waals surface area contributed by atoms with Crippen molar-refractivity contribution in [3.63, 3.8) is 0 Å². The zero-order valence-corrected chi connectivity index (χ0v) is 12.6. The van der Waals surface area contributed by atoms with E-state index in [0.717, 1.165) is 17.7 Å². The van der Waals surface area contributed by atoms with Gasteiger partial charge in [-0.3, -0.25) is 4.79 Å². The predicted octanol–water partition coefficient (Wildman–Crippen LogP) is 2.68. The molecular formula is C15H18FNO3S. The number of carbonyl (C=O) groups is 2. The highest BCUT2D eigenvalue weighted by atomic mass is 32.2. The molecule has 21 heavy (non-hydrogen) atoms. The molecule has 0 aliphatic heterocycles. The summed E-state index contributed by atoms with van der Waals surface area (Å²) in [6.07, 6.45) is 1.92. The number of aliphatic carboxylic acids is 1. The van der Waals surface area contributed by atoms with Crippen molar-refractivity contribution in [2.75, 3.05) is 5.75 Å². The topological polar surface area (TPSA) is 66.4 Å². The number of halogens is 1. The van der Waals surface area contributed by atoms with Crippen LogP contribution in [0.3, 0.4) is 0 Å². The summed E-state index contributed by atoms with van der Waals surface area (Å²) in [5.41, 5.74) is -1.16. The first-order valence-corrected chi connectivity index (χ1v) is 7.83. The Labute approximate surface area is 127 Å². The maximum Gasteiger partial charge on any atom is 0.329 e. The van der Waals surface area contributed by atoms with Crippen LogP contribution in [0.2, 0.25) is 0 Å². The molecule has 1 aromatic carbocycles. The maximum absolute atomic E-state index is 12.8. The Hall–Kier alpha value is -1.56. The van der Waals surface area contributed by atoms with E-state index in [2.05, 4.69) is 5.32 Å². The smallest absolute Gasteiger partial charge is 0.329 e. The molecule has 4 nitrogen and oxygen atoms in total. The summed E-state index contributed by atoms with van der Waals surface area (Å²) >= 11 is 1.44. The van der Waals surface area contributed by atoms with E-state index in [1.54, 1.807) is 19.1 Å². The average molecular weight is 311 g/mol. The average Bonchev–Trinajstić information content (AvgIpc) is 3.25. The van der Waals surface area contributed by atoms with Gasteiger partial charge in [-0.05, 0) is 49.9 Å². The van der Waals surface area contributed by atoms with Gasteiger partial charge >= 0.3 is 5.97 Å². The molecule has 1 aromatic rings. The lowest BCUT2D eigenvalue weighted by Gasteiger charge is -2.26. The standard InChI is InChI=1S/C15H18FNO3S/c1-15(14(19)20,10-2-3-10)17-13(18)8-9-21-12-6-4-11(16)5-7-12/h4-7,10H,2-3,8-9H2,1H3,(H,17,18)(H,19,20). The lowest BCUT2D eigenvalue weighted by molar-refractivity contribution is -0.147. The monoisotopic (exact) mass is 311 g/mol. The van der Waals surface area contributed by atoms with Crippen molar-refractivity contribution in [2.24, 2.45) is 5.92 Å². The zero-order chi connectivity index (χ0) is 15.5. The van der Waals surface area contributed by atoms with Crippen molar-refractivity contribution in [1.82, 2.24) is 5.32 Å². The number of hydrogen-bond acceptors (Lipinski definition) is 3. The summed E-state index contributed by atoms with van der Waals surface area (Å²) < 4.78 is 12.8. The van der Waals surface area contributed by atoms with Crippen LogP contribution in [0.1, 0.15) is 26.2 Å². The van der Waals surface area contributed by atoms with Gasteiger partial charge in [0.2, 0.25) is 5.91 Å². The van der Waals surface area contributed by atoms with E-state index in [0.29, 0.717) is 5.75 Å². The van der Waals surface area contributed by atoms with Gasteiger partial charge in [-0.2, -0.15) is 0 Å². The molecule has 1 aliphatic carbocycles. The van der Waals surface area contributed by atoms with Crippen LogP contribution < -0.4 is 5.32 Å². The molecular weight excluding hydrogens is 293 g/mol. The lowest BCUT2D eigenvalue weighted by Crippen LogP contribution is -2.54. The number of rotatable bonds is 7. The second-order valence-corrected chi connectivity index (χ2v) is 6.55. The van der Waals surface area contributed by atoms with E-state index >= 15 is 0 Å². The number of carboxylic acid groups (broad SMARTS) is 1. The normalized spacial score (nSPS) is 17.0. The molecule has 0 radical (unpaired) electrons. The number of benzene rings is 1. The Morgan fingerprint density at radius 1 is 1.38 bits per heavy atom. The molecule has 0 heterocycles. The summed E-state index contributed by atoms with van der Waals surface area (Å²) in [5.74, 6) is -0.980. The molecule has 1 amide bonds. The number of amides is 1. The molecule has 1 fully saturated rings. The Morgan fingerprint density at radius 3 is 2.52 bits per heavy atom. The Morgan fingerprint density at radius 2 is 2.00 bits per heavy atom. The largest absolute Gasteiger partial charge is 0.480 e. The van der Waals surface area contributed by atoms with E-state index < -0.39 is 11.5 Å². The first kappa shape index (κ1) is 15.8. The summed E-state index contributed by atoms with van der Waals surface area (Å²) in [6, 6.07) is 6.06. The van der Waals surface area contributed by atoms with Crippen LogP contribution in [-0.4, -0.2) is 28.3 Å². The maximum atomic E-state index is 12.8. The number of hydrogen-bond donors (Lipinski definition) is 2. The van der Waals surface area contributed by atoms with Crippen LogP contribution in [0, 0.1) is 11.7 Å². The quantitative estimate of drug-likeness (QED) is 0.760. The number of carbonyl (C=O) groups excluding carboxylic acids is 1. The zero-order valence-electron chi connectivity index (χ0n) is 11.8. The highest BCUT2D eigenvalue weighted by Crippen LogP contribution is 2.39. The first-order valence-electron chi connectivity index (χ1n) is 6.84. The van der Waals surface area contributed by atoms with Crippen molar-refractivity contribution < 1.29 is 19.1 Å². The van der Waals surface area contributed by atoms with E-state index in [4.69, 9.17) is 0 Å². The third kappa shape index (κ3) is 4.20. The van der Waals surface area contributed by atoms with Crippen LogP contribution in [0.15, 0.2) is 29.2 Å². The molecule has 6 heteroatoms. The first-order chi connectivity index (χ1) is 9.91. The van der Waals surface area contributed by atoms with Gasteiger partial charge < -0.3 is 10.4 Å². The Bertz CT molecular complexity index is 530. The van der Waals surface area contributed by atoms with Crippen LogP contribution in [0.25, 0.3) is 0 Å². The van der Waals surface area contributed by atoms with Gasteiger partial charge in [0.25, 0.3) is 0 Å². The highest BCUT2D eigenvalue weighted by molar-refractivity contribution is 7.99. The van der Waals surface area contributed by atoms with Gasteiger partial charge in [0, 0.05) is 17.1 Å². The minimum atomic E-state index is -1.16. The van der Waals surface area contributed by atoms with Gasteiger partial charge in [-0.1, -0.05) is 0 Å². The second-order valence-electron chi connectivity index (χ2n) is 5.38. The minimum Gasteiger partial charge on any atom is -0.480 e. The molecule has 0 aromatic heterocycles. The van der Waals surface area contributed by atoms with Crippen molar-refractivity contribution in [3.05, 3.63) is 30.1 Å². The molecule has 0 spiro atoms.